The molecule has 2 atom stereocenters. The normalized spacial score (nSPS) is 15.3. The topological polar surface area (TPSA) is 46.2 Å². The minimum Gasteiger partial charge on any atom is -0.391 e. The van der Waals surface area contributed by atoms with Crippen LogP contribution in [0.4, 0.5) is 8.78 Å². The van der Waals surface area contributed by atoms with E-state index in [0.717, 1.165) is 12.1 Å². The van der Waals surface area contributed by atoms with Crippen LogP contribution in [0.25, 0.3) is 0 Å². The van der Waals surface area contributed by atoms with Crippen molar-refractivity contribution >= 4 is 11.6 Å². The van der Waals surface area contributed by atoms with Crippen molar-refractivity contribution < 1.29 is 13.9 Å². The van der Waals surface area contributed by atoms with E-state index in [-0.39, 0.29) is 10.6 Å². The van der Waals surface area contributed by atoms with E-state index in [2.05, 4.69) is 0 Å². The van der Waals surface area contributed by atoms with Gasteiger partial charge in [0.25, 0.3) is 0 Å². The molecule has 2 nitrogen and oxygen atoms in total. The van der Waals surface area contributed by atoms with Crippen LogP contribution < -0.4 is 5.73 Å². The summed E-state index contributed by atoms with van der Waals surface area (Å²) in [5.74, 6) is -1.69. The second kappa shape index (κ2) is 4.21. The van der Waals surface area contributed by atoms with Gasteiger partial charge in [0.1, 0.15) is 11.6 Å². The van der Waals surface area contributed by atoms with Crippen molar-refractivity contribution in [2.45, 2.75) is 19.1 Å². The molecule has 0 saturated carbocycles. The summed E-state index contributed by atoms with van der Waals surface area (Å²) in [7, 11) is 0. The summed E-state index contributed by atoms with van der Waals surface area (Å²) in [6, 6.07) is 0.831. The van der Waals surface area contributed by atoms with E-state index < -0.39 is 23.8 Å². The molecule has 0 aromatic heterocycles. The van der Waals surface area contributed by atoms with Gasteiger partial charge in [-0.15, -0.1) is 0 Å². The Morgan fingerprint density at radius 1 is 1.36 bits per heavy atom. The fourth-order valence-electron chi connectivity index (χ4n) is 1.11. The maximum Gasteiger partial charge on any atom is 0.132 e. The minimum atomic E-state index is -1.09. The first-order chi connectivity index (χ1) is 6.43. The lowest BCUT2D eigenvalue weighted by atomic mass is 10.0. The van der Waals surface area contributed by atoms with E-state index in [4.69, 9.17) is 22.4 Å². The van der Waals surface area contributed by atoms with Gasteiger partial charge in [-0.25, -0.2) is 8.78 Å². The first-order valence-corrected chi connectivity index (χ1v) is 4.39. The highest BCUT2D eigenvalue weighted by Gasteiger charge is 2.21. The van der Waals surface area contributed by atoms with Gasteiger partial charge in [-0.1, -0.05) is 11.6 Å². The van der Waals surface area contributed by atoms with Crippen LogP contribution in [0.3, 0.4) is 0 Å². The Morgan fingerprint density at radius 2 is 1.79 bits per heavy atom. The molecule has 0 fully saturated rings. The quantitative estimate of drug-likeness (QED) is 0.803. The number of hydrogen-bond acceptors (Lipinski definition) is 2. The smallest absolute Gasteiger partial charge is 0.132 e. The summed E-state index contributed by atoms with van der Waals surface area (Å²) in [4.78, 5) is 0. The minimum absolute atomic E-state index is 0.0402. The zero-order valence-corrected chi connectivity index (χ0v) is 8.22. The molecule has 0 aliphatic rings. The van der Waals surface area contributed by atoms with Crippen molar-refractivity contribution in [3.63, 3.8) is 0 Å². The molecular formula is C9H10ClF2NO. The van der Waals surface area contributed by atoms with Crippen molar-refractivity contribution in [3.8, 4) is 0 Å². The summed E-state index contributed by atoms with van der Waals surface area (Å²) >= 11 is 5.42. The molecule has 0 radical (unpaired) electrons. The maximum atomic E-state index is 13.2. The molecule has 0 heterocycles. The Morgan fingerprint density at radius 3 is 2.14 bits per heavy atom. The molecule has 78 valence electrons. The van der Waals surface area contributed by atoms with Crippen LogP contribution in [0.15, 0.2) is 12.1 Å². The highest BCUT2D eigenvalue weighted by atomic mass is 35.5. The first-order valence-electron chi connectivity index (χ1n) is 4.01. The monoisotopic (exact) mass is 221 g/mol. The highest BCUT2D eigenvalue weighted by Crippen LogP contribution is 2.24. The van der Waals surface area contributed by atoms with Gasteiger partial charge in [0, 0.05) is 10.6 Å². The lowest BCUT2D eigenvalue weighted by Crippen LogP contribution is -2.25. The number of aliphatic hydroxyl groups excluding tert-OH is 1. The standard InChI is InChI=1S/C9H10ClF2NO/c1-4(14)9(13)8-6(11)2-5(10)3-7(8)12/h2-4,9,14H,13H2,1H3/t4-,9-/m1/s1. The fraction of sp³-hybridized carbons (Fsp3) is 0.333. The predicted molar refractivity (Wildman–Crippen MR) is 50.0 cm³/mol. The summed E-state index contributed by atoms with van der Waals surface area (Å²) in [6.45, 7) is 1.36. The van der Waals surface area contributed by atoms with Crippen LogP contribution in [0.1, 0.15) is 18.5 Å². The van der Waals surface area contributed by atoms with Crippen LogP contribution in [-0.2, 0) is 0 Å². The molecule has 1 aromatic carbocycles. The Balaban J connectivity index is 3.20. The largest absolute Gasteiger partial charge is 0.391 e. The van der Waals surface area contributed by atoms with E-state index in [0.29, 0.717) is 0 Å². The van der Waals surface area contributed by atoms with Gasteiger partial charge < -0.3 is 10.8 Å². The number of halogens is 3. The van der Waals surface area contributed by atoms with E-state index in [9.17, 15) is 8.78 Å². The molecule has 0 saturated heterocycles. The molecule has 1 rings (SSSR count). The first kappa shape index (κ1) is 11.4. The second-order valence-corrected chi connectivity index (χ2v) is 3.49. The SMILES string of the molecule is C[C@@H](O)[C@@H](N)c1c(F)cc(Cl)cc1F. The van der Waals surface area contributed by atoms with Gasteiger partial charge in [-0.3, -0.25) is 0 Å². The Labute approximate surface area is 85.3 Å². The zero-order chi connectivity index (χ0) is 10.9. The van der Waals surface area contributed by atoms with Crippen molar-refractivity contribution in [1.29, 1.82) is 0 Å². The van der Waals surface area contributed by atoms with Crippen molar-refractivity contribution in [1.82, 2.24) is 0 Å². The summed E-state index contributed by atoms with van der Waals surface area (Å²) in [5.41, 5.74) is 5.07. The van der Waals surface area contributed by atoms with Gasteiger partial charge in [-0.05, 0) is 19.1 Å². The molecule has 0 spiro atoms. The summed E-state index contributed by atoms with van der Waals surface area (Å²) in [5, 5.41) is 9.06. The average Bonchev–Trinajstić information content (AvgIpc) is 2.01. The fourth-order valence-corrected chi connectivity index (χ4v) is 1.30. The second-order valence-electron chi connectivity index (χ2n) is 3.05. The summed E-state index contributed by atoms with van der Waals surface area (Å²) in [6.07, 6.45) is -1.03. The van der Waals surface area contributed by atoms with Crippen LogP contribution in [0.5, 0.6) is 0 Å². The van der Waals surface area contributed by atoms with Crippen molar-refractivity contribution in [2.24, 2.45) is 5.73 Å². The third-order valence-electron chi connectivity index (χ3n) is 1.90. The van der Waals surface area contributed by atoms with E-state index >= 15 is 0 Å². The van der Waals surface area contributed by atoms with Gasteiger partial charge in [0.2, 0.25) is 0 Å². The van der Waals surface area contributed by atoms with Gasteiger partial charge in [0.15, 0.2) is 0 Å². The highest BCUT2D eigenvalue weighted by molar-refractivity contribution is 6.30. The Hall–Kier alpha value is -0.710. The number of hydrogen-bond donors (Lipinski definition) is 2. The van der Waals surface area contributed by atoms with E-state index in [1.165, 1.54) is 6.92 Å². The number of benzene rings is 1. The zero-order valence-electron chi connectivity index (χ0n) is 7.47. The maximum absolute atomic E-state index is 13.2. The van der Waals surface area contributed by atoms with Crippen molar-refractivity contribution in [2.75, 3.05) is 0 Å². The van der Waals surface area contributed by atoms with Crippen LogP contribution in [0.2, 0.25) is 5.02 Å². The molecule has 0 aliphatic carbocycles. The average molecular weight is 222 g/mol. The number of aliphatic hydroxyl groups is 1. The van der Waals surface area contributed by atoms with Crippen molar-refractivity contribution in [3.05, 3.63) is 34.4 Å². The number of nitrogens with two attached hydrogens (primary N) is 1. The predicted octanol–water partition coefficient (Wildman–Crippen LogP) is 2.00. The van der Waals surface area contributed by atoms with E-state index in [1.54, 1.807) is 0 Å². The van der Waals surface area contributed by atoms with Crippen LogP contribution in [-0.4, -0.2) is 11.2 Å². The molecule has 14 heavy (non-hydrogen) atoms. The molecule has 0 amide bonds. The Bertz CT molecular complexity index is 321. The van der Waals surface area contributed by atoms with E-state index in [1.807, 2.05) is 0 Å². The molecule has 1 aromatic rings. The third-order valence-corrected chi connectivity index (χ3v) is 2.12. The third kappa shape index (κ3) is 2.20. The molecule has 0 unspecified atom stereocenters. The summed E-state index contributed by atoms with van der Waals surface area (Å²) < 4.78 is 26.4. The van der Waals surface area contributed by atoms with Gasteiger partial charge >= 0.3 is 0 Å². The lowest BCUT2D eigenvalue weighted by Gasteiger charge is -2.16. The van der Waals surface area contributed by atoms with Crippen LogP contribution >= 0.6 is 11.6 Å². The molecule has 0 aliphatic heterocycles. The van der Waals surface area contributed by atoms with Crippen LogP contribution in [0, 0.1) is 11.6 Å². The number of rotatable bonds is 2. The molecule has 5 heteroatoms. The lowest BCUT2D eigenvalue weighted by molar-refractivity contribution is 0.160. The van der Waals surface area contributed by atoms with Gasteiger partial charge in [-0.2, -0.15) is 0 Å². The van der Waals surface area contributed by atoms with Gasteiger partial charge in [0.05, 0.1) is 12.1 Å². The molecule has 3 N–H and O–H groups in total. The Kier molecular flexibility index (Phi) is 3.42. The molecular weight excluding hydrogens is 212 g/mol. The molecule has 0 bridgehead atoms.